The smallest absolute Gasteiger partial charge is 0.241 e. The number of methoxy groups -OCH3 is 1. The van der Waals surface area contributed by atoms with E-state index in [1.807, 2.05) is 6.92 Å². The minimum absolute atomic E-state index is 0.246. The van der Waals surface area contributed by atoms with Crippen molar-refractivity contribution >= 4 is 17.5 Å². The van der Waals surface area contributed by atoms with Crippen LogP contribution in [0.5, 0.6) is 5.75 Å². The molecular formula is C11H15ClN2O2. The Morgan fingerprint density at radius 1 is 1.56 bits per heavy atom. The van der Waals surface area contributed by atoms with E-state index in [0.29, 0.717) is 16.3 Å². The molecule has 5 heteroatoms. The molecule has 0 aliphatic carbocycles. The zero-order valence-electron chi connectivity index (χ0n) is 9.50. The summed E-state index contributed by atoms with van der Waals surface area (Å²) in [5.74, 6) is 0.330. The van der Waals surface area contributed by atoms with Crippen molar-refractivity contribution in [2.45, 2.75) is 13.0 Å². The van der Waals surface area contributed by atoms with Crippen molar-refractivity contribution in [3.8, 4) is 5.75 Å². The van der Waals surface area contributed by atoms with Gasteiger partial charge in [-0.25, -0.2) is 0 Å². The highest BCUT2D eigenvalue weighted by Gasteiger charge is 2.18. The zero-order chi connectivity index (χ0) is 12.3. The number of hydrogen-bond acceptors (Lipinski definition) is 3. The van der Waals surface area contributed by atoms with Crippen molar-refractivity contribution in [3.63, 3.8) is 0 Å². The molecule has 1 aromatic rings. The van der Waals surface area contributed by atoms with Crippen molar-refractivity contribution in [2.24, 2.45) is 5.73 Å². The number of benzene rings is 1. The van der Waals surface area contributed by atoms with Gasteiger partial charge in [-0.1, -0.05) is 11.6 Å². The van der Waals surface area contributed by atoms with Gasteiger partial charge in [0.1, 0.15) is 11.8 Å². The van der Waals surface area contributed by atoms with Gasteiger partial charge in [-0.05, 0) is 30.2 Å². The minimum Gasteiger partial charge on any atom is -0.495 e. The van der Waals surface area contributed by atoms with Crippen LogP contribution in [0.15, 0.2) is 12.1 Å². The molecule has 4 nitrogen and oxygen atoms in total. The van der Waals surface area contributed by atoms with Crippen LogP contribution < -0.4 is 15.8 Å². The highest BCUT2D eigenvalue weighted by molar-refractivity contribution is 6.32. The van der Waals surface area contributed by atoms with Crippen molar-refractivity contribution in [2.75, 3.05) is 14.2 Å². The predicted molar refractivity (Wildman–Crippen MR) is 63.7 cm³/mol. The Morgan fingerprint density at radius 2 is 2.19 bits per heavy atom. The molecular weight excluding hydrogens is 228 g/mol. The van der Waals surface area contributed by atoms with E-state index in [1.54, 1.807) is 26.3 Å². The fourth-order valence-corrected chi connectivity index (χ4v) is 1.71. The predicted octanol–water partition coefficient (Wildman–Crippen LogP) is 1.40. The molecule has 0 aliphatic heterocycles. The molecule has 0 bridgehead atoms. The Kier molecular flexibility index (Phi) is 4.15. The Hall–Kier alpha value is -1.26. The third-order valence-corrected chi connectivity index (χ3v) is 2.70. The van der Waals surface area contributed by atoms with Gasteiger partial charge in [0.15, 0.2) is 0 Å². The van der Waals surface area contributed by atoms with Crippen LogP contribution in [0.4, 0.5) is 0 Å². The molecule has 3 N–H and O–H groups in total. The molecule has 0 heterocycles. The number of carbonyl (C=O) groups excluding carboxylic acids is 1. The van der Waals surface area contributed by atoms with Gasteiger partial charge >= 0.3 is 0 Å². The van der Waals surface area contributed by atoms with Crippen LogP contribution in [0.3, 0.4) is 0 Å². The Bertz CT molecular complexity index is 407. The first-order valence-corrected chi connectivity index (χ1v) is 5.20. The molecule has 0 aliphatic rings. The van der Waals surface area contributed by atoms with Gasteiger partial charge in [-0.2, -0.15) is 0 Å². The summed E-state index contributed by atoms with van der Waals surface area (Å²) in [6.07, 6.45) is 0. The Labute approximate surface area is 99.7 Å². The van der Waals surface area contributed by atoms with E-state index in [0.717, 1.165) is 5.56 Å². The van der Waals surface area contributed by atoms with E-state index < -0.39 is 6.04 Å². The number of aryl methyl sites for hydroxylation is 1. The second kappa shape index (κ2) is 5.18. The third-order valence-electron chi connectivity index (χ3n) is 2.40. The van der Waals surface area contributed by atoms with Gasteiger partial charge in [0.25, 0.3) is 0 Å². The second-order valence-corrected chi connectivity index (χ2v) is 3.84. The summed E-state index contributed by atoms with van der Waals surface area (Å²) >= 11 is 5.98. The first-order chi connectivity index (χ1) is 7.51. The normalized spacial score (nSPS) is 12.1. The summed E-state index contributed by atoms with van der Waals surface area (Å²) in [6.45, 7) is 1.86. The average Bonchev–Trinajstić information content (AvgIpc) is 2.29. The molecule has 0 aromatic heterocycles. The lowest BCUT2D eigenvalue weighted by molar-refractivity contribution is -0.122. The molecule has 16 heavy (non-hydrogen) atoms. The molecule has 1 amide bonds. The maximum absolute atomic E-state index is 11.4. The fraction of sp³-hybridized carbons (Fsp3) is 0.364. The second-order valence-electron chi connectivity index (χ2n) is 3.44. The number of rotatable bonds is 3. The van der Waals surface area contributed by atoms with Gasteiger partial charge in [-0.3, -0.25) is 4.79 Å². The highest BCUT2D eigenvalue weighted by atomic mass is 35.5. The number of nitrogens with two attached hydrogens (primary N) is 1. The molecule has 0 radical (unpaired) electrons. The highest BCUT2D eigenvalue weighted by Crippen LogP contribution is 2.30. The fourth-order valence-electron chi connectivity index (χ4n) is 1.46. The minimum atomic E-state index is -0.714. The number of hydrogen-bond donors (Lipinski definition) is 2. The summed E-state index contributed by atoms with van der Waals surface area (Å²) < 4.78 is 5.07. The van der Waals surface area contributed by atoms with Crippen LogP contribution in [0.1, 0.15) is 17.2 Å². The number of ether oxygens (including phenoxy) is 1. The molecule has 1 atom stereocenters. The number of nitrogens with one attached hydrogen (secondary N) is 1. The molecule has 1 rings (SSSR count). The van der Waals surface area contributed by atoms with Gasteiger partial charge in [0.2, 0.25) is 5.91 Å². The quantitative estimate of drug-likeness (QED) is 0.842. The number of amides is 1. The van der Waals surface area contributed by atoms with E-state index in [-0.39, 0.29) is 5.91 Å². The van der Waals surface area contributed by atoms with E-state index in [9.17, 15) is 4.79 Å². The van der Waals surface area contributed by atoms with Crippen LogP contribution in [0.25, 0.3) is 0 Å². The monoisotopic (exact) mass is 242 g/mol. The lowest BCUT2D eigenvalue weighted by atomic mass is 10.0. The standard InChI is InChI=1S/C11H15ClN2O2/c1-6-4-9(16-3)8(12)5-7(6)10(13)11(15)14-2/h4-5,10H,13H2,1-3H3,(H,14,15). The van der Waals surface area contributed by atoms with Crippen molar-refractivity contribution in [3.05, 3.63) is 28.3 Å². The largest absolute Gasteiger partial charge is 0.495 e. The first-order valence-electron chi connectivity index (χ1n) is 4.82. The molecule has 0 spiro atoms. The van der Waals surface area contributed by atoms with E-state index in [2.05, 4.69) is 5.32 Å². The summed E-state index contributed by atoms with van der Waals surface area (Å²) in [7, 11) is 3.08. The number of likely N-dealkylation sites (N-methyl/N-ethyl adjacent to an activating group) is 1. The molecule has 1 aromatic carbocycles. The van der Waals surface area contributed by atoms with E-state index >= 15 is 0 Å². The zero-order valence-corrected chi connectivity index (χ0v) is 10.3. The maximum atomic E-state index is 11.4. The van der Waals surface area contributed by atoms with Gasteiger partial charge in [0, 0.05) is 7.05 Å². The summed E-state index contributed by atoms with van der Waals surface area (Å²) in [5.41, 5.74) is 7.37. The summed E-state index contributed by atoms with van der Waals surface area (Å²) in [5, 5.41) is 2.95. The lowest BCUT2D eigenvalue weighted by Crippen LogP contribution is -2.31. The van der Waals surface area contributed by atoms with Crippen LogP contribution >= 0.6 is 11.6 Å². The van der Waals surface area contributed by atoms with E-state index in [4.69, 9.17) is 22.1 Å². The van der Waals surface area contributed by atoms with Crippen molar-refractivity contribution in [1.82, 2.24) is 5.32 Å². The first kappa shape index (κ1) is 12.8. The number of halogens is 1. The number of carbonyl (C=O) groups is 1. The van der Waals surface area contributed by atoms with E-state index in [1.165, 1.54) is 0 Å². The SMILES string of the molecule is CNC(=O)C(N)c1cc(Cl)c(OC)cc1C. The van der Waals surface area contributed by atoms with Crippen LogP contribution in [0, 0.1) is 6.92 Å². The van der Waals surface area contributed by atoms with Gasteiger partial charge < -0.3 is 15.8 Å². The van der Waals surface area contributed by atoms with Crippen molar-refractivity contribution in [1.29, 1.82) is 0 Å². The van der Waals surface area contributed by atoms with Gasteiger partial charge in [0.05, 0.1) is 12.1 Å². The Morgan fingerprint density at radius 3 is 2.69 bits per heavy atom. The maximum Gasteiger partial charge on any atom is 0.241 e. The van der Waals surface area contributed by atoms with Gasteiger partial charge in [-0.15, -0.1) is 0 Å². The van der Waals surface area contributed by atoms with Crippen LogP contribution in [-0.2, 0) is 4.79 Å². The van der Waals surface area contributed by atoms with Crippen LogP contribution in [0.2, 0.25) is 5.02 Å². The topological polar surface area (TPSA) is 64.4 Å². The molecule has 0 saturated carbocycles. The molecule has 0 fully saturated rings. The average molecular weight is 243 g/mol. The summed E-state index contributed by atoms with van der Waals surface area (Å²) in [4.78, 5) is 11.4. The summed E-state index contributed by atoms with van der Waals surface area (Å²) in [6, 6.07) is 2.71. The molecule has 1 unspecified atom stereocenters. The lowest BCUT2D eigenvalue weighted by Gasteiger charge is -2.15. The Balaban J connectivity index is 3.15. The molecule has 0 saturated heterocycles. The molecule has 88 valence electrons. The van der Waals surface area contributed by atoms with Crippen LogP contribution in [-0.4, -0.2) is 20.1 Å². The van der Waals surface area contributed by atoms with Crippen molar-refractivity contribution < 1.29 is 9.53 Å². The third kappa shape index (κ3) is 2.46.